The molecule has 0 atom stereocenters. The summed E-state index contributed by atoms with van der Waals surface area (Å²) in [6, 6.07) is 17.6. The van der Waals surface area contributed by atoms with Crippen LogP contribution < -0.4 is 10.3 Å². The lowest BCUT2D eigenvalue weighted by Gasteiger charge is -2.03. The van der Waals surface area contributed by atoms with E-state index in [4.69, 9.17) is 20.8 Å². The van der Waals surface area contributed by atoms with Crippen LogP contribution in [0.15, 0.2) is 59.0 Å². The molecule has 0 bridgehead atoms. The van der Waals surface area contributed by atoms with E-state index in [0.29, 0.717) is 11.6 Å². The molecule has 9 heteroatoms. The van der Waals surface area contributed by atoms with E-state index in [0.717, 1.165) is 34.2 Å². The molecule has 0 unspecified atom stereocenters. The maximum atomic E-state index is 9.75. The van der Waals surface area contributed by atoms with Gasteiger partial charge in [0.1, 0.15) is 18.0 Å². The van der Waals surface area contributed by atoms with Crippen molar-refractivity contribution in [3.8, 4) is 11.3 Å². The topological polar surface area (TPSA) is 36.3 Å². The first-order valence-electron chi connectivity index (χ1n) is 8.00. The average Bonchev–Trinajstić information content (AvgIpc) is 2.61. The third-order valence-corrected chi connectivity index (χ3v) is 3.67. The minimum atomic E-state index is -6.00. The van der Waals surface area contributed by atoms with E-state index in [2.05, 4.69) is 4.99 Å². The highest BCUT2D eigenvalue weighted by Gasteiger charge is 2.20. The SMILES string of the molecule is COCC[NH+]=c1cc(-c2ccc(Cl)cc2)oc2ccccc12.F[B-](F)(F)F. The van der Waals surface area contributed by atoms with Gasteiger partial charge in [0.15, 0.2) is 6.54 Å². The van der Waals surface area contributed by atoms with Crippen molar-refractivity contribution < 1.29 is 31.4 Å². The van der Waals surface area contributed by atoms with E-state index in [1.54, 1.807) is 7.11 Å². The first-order valence-corrected chi connectivity index (χ1v) is 8.37. The molecule has 1 aromatic heterocycles. The lowest BCUT2D eigenvalue weighted by molar-refractivity contribution is -0.502. The van der Waals surface area contributed by atoms with Gasteiger partial charge in [-0.15, -0.1) is 0 Å². The van der Waals surface area contributed by atoms with Crippen LogP contribution in [-0.4, -0.2) is 27.5 Å². The number of halogens is 5. The molecule has 1 heterocycles. The predicted molar refractivity (Wildman–Crippen MR) is 97.7 cm³/mol. The Morgan fingerprint density at radius 1 is 1.04 bits per heavy atom. The van der Waals surface area contributed by atoms with Crippen LogP contribution in [0.2, 0.25) is 5.02 Å². The Hall–Kier alpha value is -2.32. The quantitative estimate of drug-likeness (QED) is 0.411. The van der Waals surface area contributed by atoms with Crippen molar-refractivity contribution in [1.82, 2.24) is 0 Å². The summed E-state index contributed by atoms with van der Waals surface area (Å²) in [6.07, 6.45) is 0. The lowest BCUT2D eigenvalue weighted by atomic mass is 10.1. The standard InChI is InChI=1S/C18H16ClNO2.BF4/c1-21-11-10-20-16-12-18(13-6-8-14(19)9-7-13)22-17-5-3-2-4-15(16)17;2-1(3,4)5/h2-9,12H,10-11H2,1H3;/q;-1/p+1. The maximum absolute atomic E-state index is 9.75. The van der Waals surface area contributed by atoms with Crippen molar-refractivity contribution in [3.05, 3.63) is 65.0 Å². The summed E-state index contributed by atoms with van der Waals surface area (Å²) in [6.45, 7) is 1.39. The second-order valence-corrected chi connectivity index (χ2v) is 5.88. The van der Waals surface area contributed by atoms with E-state index < -0.39 is 7.25 Å². The van der Waals surface area contributed by atoms with Gasteiger partial charge in [0.25, 0.3) is 0 Å². The molecule has 0 spiro atoms. The zero-order valence-corrected chi connectivity index (χ0v) is 15.1. The molecule has 3 rings (SSSR count). The molecular formula is C18H17BClF4NO2. The van der Waals surface area contributed by atoms with E-state index in [1.165, 1.54) is 0 Å². The fourth-order valence-electron chi connectivity index (χ4n) is 2.33. The van der Waals surface area contributed by atoms with Crippen molar-refractivity contribution in [2.75, 3.05) is 20.3 Å². The number of hydrogen-bond acceptors (Lipinski definition) is 2. The molecular weight excluding hydrogens is 384 g/mol. The van der Waals surface area contributed by atoms with Gasteiger partial charge in [-0.05, 0) is 36.4 Å². The Bertz CT molecular complexity index is 936. The smallest absolute Gasteiger partial charge is 0.456 e. The summed E-state index contributed by atoms with van der Waals surface area (Å²) in [7, 11) is -4.31. The van der Waals surface area contributed by atoms with Crippen LogP contribution in [0.3, 0.4) is 0 Å². The molecule has 0 aliphatic rings. The fraction of sp³-hybridized carbons (Fsp3) is 0.167. The normalized spacial score (nSPS) is 12.0. The number of ether oxygens (including phenoxy) is 1. The van der Waals surface area contributed by atoms with E-state index >= 15 is 0 Å². The van der Waals surface area contributed by atoms with Crippen LogP contribution in [-0.2, 0) is 4.74 Å². The Balaban J connectivity index is 0.000000465. The largest absolute Gasteiger partial charge is 0.673 e. The zero-order valence-electron chi connectivity index (χ0n) is 14.4. The number of para-hydroxylation sites is 1. The Morgan fingerprint density at radius 2 is 1.67 bits per heavy atom. The maximum Gasteiger partial charge on any atom is 0.673 e. The molecule has 144 valence electrons. The summed E-state index contributed by atoms with van der Waals surface area (Å²) in [5.74, 6) is 0.801. The van der Waals surface area contributed by atoms with Gasteiger partial charge >= 0.3 is 7.25 Å². The third kappa shape index (κ3) is 7.07. The monoisotopic (exact) mass is 401 g/mol. The molecule has 27 heavy (non-hydrogen) atoms. The van der Waals surface area contributed by atoms with Crippen LogP contribution >= 0.6 is 11.6 Å². The number of fused-ring (bicyclic) bond motifs is 1. The highest BCUT2D eigenvalue weighted by molar-refractivity contribution is 6.50. The molecule has 0 fully saturated rings. The number of hydrogen-bond donors (Lipinski definition) is 1. The molecule has 0 aliphatic carbocycles. The summed E-state index contributed by atoms with van der Waals surface area (Å²) in [5.41, 5.74) is 1.83. The second kappa shape index (κ2) is 9.57. The van der Waals surface area contributed by atoms with Crippen molar-refractivity contribution in [1.29, 1.82) is 0 Å². The summed E-state index contributed by atoms with van der Waals surface area (Å²) < 4.78 is 50.1. The van der Waals surface area contributed by atoms with Gasteiger partial charge < -0.3 is 26.4 Å². The predicted octanol–water partition coefficient (Wildman–Crippen LogP) is 3.68. The lowest BCUT2D eigenvalue weighted by Crippen LogP contribution is -2.77. The van der Waals surface area contributed by atoms with Crippen LogP contribution in [0.25, 0.3) is 22.3 Å². The van der Waals surface area contributed by atoms with Gasteiger partial charge in [0.05, 0.1) is 11.5 Å². The Labute approximate surface area is 158 Å². The molecule has 2 aromatic carbocycles. The van der Waals surface area contributed by atoms with Gasteiger partial charge in [-0.2, -0.15) is 0 Å². The molecule has 0 radical (unpaired) electrons. The molecule has 0 aliphatic heterocycles. The number of nitrogens with one attached hydrogen (secondary N) is 1. The first-order chi connectivity index (χ1) is 12.8. The summed E-state index contributed by atoms with van der Waals surface area (Å²) >= 11 is 5.95. The van der Waals surface area contributed by atoms with Crippen LogP contribution in [0.1, 0.15) is 0 Å². The van der Waals surface area contributed by atoms with Crippen molar-refractivity contribution in [2.24, 2.45) is 0 Å². The highest BCUT2D eigenvalue weighted by Crippen LogP contribution is 2.23. The molecule has 0 saturated heterocycles. The highest BCUT2D eigenvalue weighted by atomic mass is 35.5. The van der Waals surface area contributed by atoms with Crippen LogP contribution in [0, 0.1) is 0 Å². The van der Waals surface area contributed by atoms with Gasteiger partial charge in [-0.25, -0.2) is 4.99 Å². The van der Waals surface area contributed by atoms with Gasteiger partial charge in [-0.1, -0.05) is 23.7 Å². The zero-order chi connectivity index (χ0) is 19.9. The fourth-order valence-corrected chi connectivity index (χ4v) is 2.45. The van der Waals surface area contributed by atoms with E-state index in [9.17, 15) is 17.3 Å². The van der Waals surface area contributed by atoms with Crippen molar-refractivity contribution in [2.45, 2.75) is 0 Å². The Kier molecular flexibility index (Phi) is 7.44. The average molecular weight is 402 g/mol. The molecule has 0 amide bonds. The number of methoxy groups -OCH3 is 1. The molecule has 3 nitrogen and oxygen atoms in total. The summed E-state index contributed by atoms with van der Waals surface area (Å²) in [5, 5.41) is 2.79. The van der Waals surface area contributed by atoms with E-state index in [-0.39, 0.29) is 0 Å². The minimum absolute atomic E-state index is 0.649. The number of rotatable bonds is 4. The second-order valence-electron chi connectivity index (χ2n) is 5.44. The van der Waals surface area contributed by atoms with Crippen LogP contribution in [0.5, 0.6) is 0 Å². The molecule has 0 saturated carbocycles. The molecule has 3 aromatic rings. The minimum Gasteiger partial charge on any atom is -0.456 e. The van der Waals surface area contributed by atoms with E-state index in [1.807, 2.05) is 54.6 Å². The third-order valence-electron chi connectivity index (χ3n) is 3.42. The molecule has 1 N–H and O–H groups in total. The van der Waals surface area contributed by atoms with Gasteiger partial charge in [0.2, 0.25) is 5.36 Å². The van der Waals surface area contributed by atoms with Gasteiger partial charge in [-0.3, -0.25) is 0 Å². The van der Waals surface area contributed by atoms with Crippen molar-refractivity contribution >= 4 is 29.8 Å². The first kappa shape index (κ1) is 21.0. The summed E-state index contributed by atoms with van der Waals surface area (Å²) in [4.78, 5) is 3.40. The van der Waals surface area contributed by atoms with Crippen LogP contribution in [0.4, 0.5) is 17.3 Å². The Morgan fingerprint density at radius 3 is 2.30 bits per heavy atom. The van der Waals surface area contributed by atoms with Gasteiger partial charge in [0, 0.05) is 17.7 Å². The number of benzene rings is 2. The van der Waals surface area contributed by atoms with Crippen molar-refractivity contribution in [3.63, 3.8) is 0 Å².